The van der Waals surface area contributed by atoms with Gasteiger partial charge >= 0.3 is 0 Å². The van der Waals surface area contributed by atoms with Crippen molar-refractivity contribution in [2.75, 3.05) is 46.8 Å². The van der Waals surface area contributed by atoms with Crippen LogP contribution in [-0.4, -0.2) is 56.6 Å². The maximum atomic E-state index is 5.97. The number of nitrogens with zero attached hydrogens (tertiary/aromatic N) is 2. The first-order chi connectivity index (χ1) is 8.66. The molecule has 0 amide bonds. The van der Waals surface area contributed by atoms with Gasteiger partial charge in [0.2, 0.25) is 0 Å². The van der Waals surface area contributed by atoms with Crippen LogP contribution in [0.4, 0.5) is 0 Å². The Balaban J connectivity index is 2.15. The summed E-state index contributed by atoms with van der Waals surface area (Å²) in [6.45, 7) is 5.43. The lowest BCUT2D eigenvalue weighted by atomic mass is 10.0. The predicted molar refractivity (Wildman–Crippen MR) is 77.2 cm³/mol. The molecule has 1 aromatic carbocycles. The molecule has 1 unspecified atom stereocenters. The summed E-state index contributed by atoms with van der Waals surface area (Å²) in [6, 6.07) is 8.74. The van der Waals surface area contributed by atoms with Crippen molar-refractivity contribution in [3.63, 3.8) is 0 Å². The lowest BCUT2D eigenvalue weighted by Gasteiger charge is -2.36. The molecule has 0 spiro atoms. The third-order valence-electron chi connectivity index (χ3n) is 3.39. The molecule has 1 heterocycles. The van der Waals surface area contributed by atoms with E-state index in [1.165, 1.54) is 5.56 Å². The van der Waals surface area contributed by atoms with Gasteiger partial charge < -0.3 is 10.2 Å². The topological polar surface area (TPSA) is 18.5 Å². The van der Waals surface area contributed by atoms with Crippen LogP contribution in [0.2, 0.25) is 5.02 Å². The van der Waals surface area contributed by atoms with Gasteiger partial charge in [-0.25, -0.2) is 0 Å². The second-order valence-corrected chi connectivity index (χ2v) is 5.55. The fraction of sp³-hybridized carbons (Fsp3) is 0.571. The summed E-state index contributed by atoms with van der Waals surface area (Å²) in [7, 11) is 4.26. The van der Waals surface area contributed by atoms with Gasteiger partial charge in [-0.1, -0.05) is 23.7 Å². The molecular formula is C14H22ClN3. The predicted octanol–water partition coefficient (Wildman–Crippen LogP) is 1.85. The van der Waals surface area contributed by atoms with Crippen LogP contribution >= 0.6 is 11.6 Å². The van der Waals surface area contributed by atoms with Crippen LogP contribution < -0.4 is 5.32 Å². The van der Waals surface area contributed by atoms with Crippen LogP contribution in [0.1, 0.15) is 11.6 Å². The molecule has 1 aliphatic heterocycles. The molecule has 2 rings (SSSR count). The quantitative estimate of drug-likeness (QED) is 0.898. The maximum absolute atomic E-state index is 5.97. The highest BCUT2D eigenvalue weighted by molar-refractivity contribution is 6.30. The number of hydrogen-bond acceptors (Lipinski definition) is 3. The minimum Gasteiger partial charge on any atom is -0.314 e. The summed E-state index contributed by atoms with van der Waals surface area (Å²) in [5.74, 6) is 0. The third kappa shape index (κ3) is 3.69. The molecule has 1 aromatic rings. The highest BCUT2D eigenvalue weighted by Gasteiger charge is 2.22. The molecule has 1 atom stereocenters. The van der Waals surface area contributed by atoms with Crippen LogP contribution in [0.5, 0.6) is 0 Å². The van der Waals surface area contributed by atoms with E-state index < -0.39 is 0 Å². The highest BCUT2D eigenvalue weighted by Crippen LogP contribution is 2.23. The smallest absolute Gasteiger partial charge is 0.0476 e. The number of halogens is 1. The second-order valence-electron chi connectivity index (χ2n) is 5.12. The van der Waals surface area contributed by atoms with Crippen molar-refractivity contribution in [1.29, 1.82) is 0 Å². The largest absolute Gasteiger partial charge is 0.314 e. The van der Waals surface area contributed by atoms with Crippen molar-refractivity contribution in [2.24, 2.45) is 0 Å². The van der Waals surface area contributed by atoms with Crippen LogP contribution in [0, 0.1) is 0 Å². The van der Waals surface area contributed by atoms with Crippen molar-refractivity contribution in [2.45, 2.75) is 6.04 Å². The zero-order valence-corrected chi connectivity index (χ0v) is 12.0. The summed E-state index contributed by atoms with van der Waals surface area (Å²) in [5, 5.41) is 4.22. The number of piperazine rings is 1. The first-order valence-electron chi connectivity index (χ1n) is 6.52. The van der Waals surface area contributed by atoms with Crippen molar-refractivity contribution in [3.05, 3.63) is 34.9 Å². The Bertz CT molecular complexity index is 358. The van der Waals surface area contributed by atoms with Crippen molar-refractivity contribution in [3.8, 4) is 0 Å². The Morgan fingerprint density at radius 3 is 2.39 bits per heavy atom. The molecule has 1 saturated heterocycles. The molecule has 0 radical (unpaired) electrons. The summed E-state index contributed by atoms with van der Waals surface area (Å²) in [5.41, 5.74) is 1.36. The average Bonchev–Trinajstić information content (AvgIpc) is 2.38. The van der Waals surface area contributed by atoms with Crippen LogP contribution in [0.15, 0.2) is 24.3 Å². The van der Waals surface area contributed by atoms with Gasteiger partial charge in [0.25, 0.3) is 0 Å². The van der Waals surface area contributed by atoms with Gasteiger partial charge in [0, 0.05) is 43.8 Å². The number of nitrogens with one attached hydrogen (secondary N) is 1. The van der Waals surface area contributed by atoms with Gasteiger partial charge in [-0.05, 0) is 31.8 Å². The van der Waals surface area contributed by atoms with Gasteiger partial charge in [-0.3, -0.25) is 4.90 Å². The summed E-state index contributed by atoms with van der Waals surface area (Å²) in [4.78, 5) is 4.81. The molecule has 3 nitrogen and oxygen atoms in total. The monoisotopic (exact) mass is 267 g/mol. The Morgan fingerprint density at radius 2 is 1.83 bits per heavy atom. The Kier molecular flexibility index (Phi) is 5.01. The molecule has 1 fully saturated rings. The SMILES string of the molecule is CN(C)CC(c1ccc(Cl)cc1)N1CCNCC1. The average molecular weight is 268 g/mol. The summed E-state index contributed by atoms with van der Waals surface area (Å²) in [6.07, 6.45) is 0. The lowest BCUT2D eigenvalue weighted by Crippen LogP contribution is -2.47. The Labute approximate surface area is 115 Å². The Morgan fingerprint density at radius 1 is 1.22 bits per heavy atom. The van der Waals surface area contributed by atoms with Crippen LogP contribution in [-0.2, 0) is 0 Å². The third-order valence-corrected chi connectivity index (χ3v) is 3.64. The number of rotatable bonds is 4. The maximum Gasteiger partial charge on any atom is 0.0476 e. The van der Waals surface area contributed by atoms with Crippen molar-refractivity contribution < 1.29 is 0 Å². The minimum atomic E-state index is 0.458. The minimum absolute atomic E-state index is 0.458. The van der Waals surface area contributed by atoms with E-state index in [-0.39, 0.29) is 0 Å². The van der Waals surface area contributed by atoms with Gasteiger partial charge in [-0.15, -0.1) is 0 Å². The summed E-state index contributed by atoms with van der Waals surface area (Å²) < 4.78 is 0. The van der Waals surface area contributed by atoms with E-state index in [1.807, 2.05) is 12.1 Å². The molecule has 0 aliphatic carbocycles. The van der Waals surface area contributed by atoms with E-state index in [2.05, 4.69) is 41.3 Å². The second kappa shape index (κ2) is 6.53. The van der Waals surface area contributed by atoms with Crippen molar-refractivity contribution >= 4 is 11.6 Å². The van der Waals surface area contributed by atoms with E-state index in [4.69, 9.17) is 11.6 Å². The van der Waals surface area contributed by atoms with E-state index >= 15 is 0 Å². The number of benzene rings is 1. The van der Waals surface area contributed by atoms with E-state index in [0.29, 0.717) is 6.04 Å². The summed E-state index contributed by atoms with van der Waals surface area (Å²) >= 11 is 5.97. The zero-order chi connectivity index (χ0) is 13.0. The van der Waals surface area contributed by atoms with E-state index in [9.17, 15) is 0 Å². The first-order valence-corrected chi connectivity index (χ1v) is 6.89. The molecule has 0 aromatic heterocycles. The molecule has 0 saturated carbocycles. The molecule has 0 bridgehead atoms. The molecule has 18 heavy (non-hydrogen) atoms. The fourth-order valence-electron chi connectivity index (χ4n) is 2.46. The van der Waals surface area contributed by atoms with E-state index in [0.717, 1.165) is 37.7 Å². The van der Waals surface area contributed by atoms with Crippen LogP contribution in [0.25, 0.3) is 0 Å². The van der Waals surface area contributed by atoms with Gasteiger partial charge in [0.1, 0.15) is 0 Å². The molecule has 100 valence electrons. The fourth-order valence-corrected chi connectivity index (χ4v) is 2.58. The number of likely N-dealkylation sites (N-methyl/N-ethyl adjacent to an activating group) is 1. The lowest BCUT2D eigenvalue weighted by molar-refractivity contribution is 0.145. The first kappa shape index (κ1) is 13.8. The van der Waals surface area contributed by atoms with Crippen molar-refractivity contribution in [1.82, 2.24) is 15.1 Å². The number of hydrogen-bond donors (Lipinski definition) is 1. The molecule has 1 aliphatic rings. The molecule has 4 heteroatoms. The van der Waals surface area contributed by atoms with E-state index in [1.54, 1.807) is 0 Å². The van der Waals surface area contributed by atoms with Gasteiger partial charge in [0.05, 0.1) is 0 Å². The van der Waals surface area contributed by atoms with Gasteiger partial charge in [0.15, 0.2) is 0 Å². The standard InChI is InChI=1S/C14H22ClN3/c1-17(2)11-14(18-9-7-16-8-10-18)12-3-5-13(15)6-4-12/h3-6,14,16H,7-11H2,1-2H3. The van der Waals surface area contributed by atoms with Crippen LogP contribution in [0.3, 0.4) is 0 Å². The highest BCUT2D eigenvalue weighted by atomic mass is 35.5. The zero-order valence-electron chi connectivity index (χ0n) is 11.2. The Hall–Kier alpha value is -0.610. The molecule has 1 N–H and O–H groups in total. The molecular weight excluding hydrogens is 246 g/mol. The normalized spacial score (nSPS) is 19.1. The van der Waals surface area contributed by atoms with Gasteiger partial charge in [-0.2, -0.15) is 0 Å².